The van der Waals surface area contributed by atoms with Gasteiger partial charge in [-0.2, -0.15) is 0 Å². The highest BCUT2D eigenvalue weighted by Crippen LogP contribution is 1.98. The first kappa shape index (κ1) is 10.7. The van der Waals surface area contributed by atoms with Crippen molar-refractivity contribution in [3.63, 3.8) is 0 Å². The highest BCUT2D eigenvalue weighted by molar-refractivity contribution is 6.13. The van der Waals surface area contributed by atoms with Crippen LogP contribution < -0.4 is 10.6 Å². The molecule has 0 aliphatic carbocycles. The number of hydrogen-bond acceptors (Lipinski definition) is 3. The Morgan fingerprint density at radius 1 is 1.64 bits per heavy atom. The van der Waals surface area contributed by atoms with Crippen molar-refractivity contribution in [1.82, 2.24) is 4.84 Å². The zero-order valence-electron chi connectivity index (χ0n) is 6.22. The molecule has 0 saturated heterocycles. The Bertz CT molecular complexity index is 121. The molecule has 0 aliphatic rings. The fourth-order valence-electron chi connectivity index (χ4n) is 0.680. The molecule has 4 N–H and O–H groups in total. The van der Waals surface area contributed by atoms with Gasteiger partial charge in [0.1, 0.15) is 6.04 Å². The number of hydrogen-bond donors (Lipinski definition) is 3. The van der Waals surface area contributed by atoms with Crippen molar-refractivity contribution in [3.8, 4) is 0 Å². The van der Waals surface area contributed by atoms with Crippen LogP contribution in [-0.4, -0.2) is 23.7 Å². The summed E-state index contributed by atoms with van der Waals surface area (Å²) in [6.07, 6.45) is 2.14. The lowest BCUT2D eigenvalue weighted by molar-refractivity contribution is -0.138. The molecule has 0 radical (unpaired) electrons. The molecule has 0 fully saturated rings. The number of unbranched alkanes of at least 4 members (excludes halogenated alkanes) is 1. The van der Waals surface area contributed by atoms with Crippen molar-refractivity contribution in [2.24, 2.45) is 5.73 Å². The lowest BCUT2D eigenvalue weighted by Gasteiger charge is -2.04. The lowest BCUT2D eigenvalue weighted by Crippen LogP contribution is -2.29. The minimum atomic E-state index is -0.941. The molecule has 5 heteroatoms. The van der Waals surface area contributed by atoms with E-state index in [0.29, 0.717) is 13.0 Å². The maximum absolute atomic E-state index is 10.2. The molecule has 1 unspecified atom stereocenters. The van der Waals surface area contributed by atoms with E-state index in [1.54, 1.807) is 0 Å². The second kappa shape index (κ2) is 6.39. The van der Waals surface area contributed by atoms with Gasteiger partial charge in [-0.1, -0.05) is 0 Å². The third-order valence-corrected chi connectivity index (χ3v) is 1.54. The molecule has 0 aromatic rings. The number of carbonyl (C=O) groups is 1. The third-order valence-electron chi connectivity index (χ3n) is 1.35. The van der Waals surface area contributed by atoms with E-state index < -0.39 is 12.0 Å². The third kappa shape index (κ3) is 6.09. The topological polar surface area (TPSA) is 75.3 Å². The maximum Gasteiger partial charge on any atom is 0.320 e. The predicted octanol–water partition coefficient (Wildman–Crippen LogP) is 0.312. The predicted molar refractivity (Wildman–Crippen MR) is 43.3 cm³/mol. The molecule has 0 spiro atoms. The summed E-state index contributed by atoms with van der Waals surface area (Å²) >= 11 is 5.18. The standard InChI is InChI=1S/C6H13ClN2O2/c7-9-4-2-1-3-5(8)6(10)11/h5,9H,1-4,8H2,(H,10,11). The molecule has 11 heavy (non-hydrogen) atoms. The van der Waals surface area contributed by atoms with Crippen molar-refractivity contribution in [3.05, 3.63) is 0 Å². The zero-order valence-corrected chi connectivity index (χ0v) is 6.97. The summed E-state index contributed by atoms with van der Waals surface area (Å²) in [6.45, 7) is 0.688. The van der Waals surface area contributed by atoms with Crippen LogP contribution in [0.15, 0.2) is 0 Å². The first-order chi connectivity index (χ1) is 5.18. The second-order valence-corrected chi connectivity index (χ2v) is 2.59. The molecular weight excluding hydrogens is 168 g/mol. The van der Waals surface area contributed by atoms with Gasteiger partial charge in [0, 0.05) is 6.54 Å². The van der Waals surface area contributed by atoms with Crippen molar-refractivity contribution in [2.75, 3.05) is 6.54 Å². The van der Waals surface area contributed by atoms with Crippen LogP contribution >= 0.6 is 11.8 Å². The van der Waals surface area contributed by atoms with Gasteiger partial charge in [-0.05, 0) is 31.0 Å². The normalized spacial score (nSPS) is 12.9. The smallest absolute Gasteiger partial charge is 0.320 e. The number of rotatable bonds is 6. The van der Waals surface area contributed by atoms with Crippen LogP contribution in [0.3, 0.4) is 0 Å². The van der Waals surface area contributed by atoms with Crippen LogP contribution in [0.25, 0.3) is 0 Å². The minimum Gasteiger partial charge on any atom is -0.480 e. The van der Waals surface area contributed by atoms with E-state index in [1.807, 2.05) is 0 Å². The Hall–Kier alpha value is -0.320. The molecule has 4 nitrogen and oxygen atoms in total. The Morgan fingerprint density at radius 2 is 2.27 bits per heavy atom. The summed E-state index contributed by atoms with van der Waals surface area (Å²) in [6, 6.07) is -0.731. The van der Waals surface area contributed by atoms with Crippen LogP contribution in [-0.2, 0) is 4.79 Å². The number of halogens is 1. The maximum atomic E-state index is 10.2. The van der Waals surface area contributed by atoms with E-state index in [4.69, 9.17) is 22.6 Å². The molecule has 0 amide bonds. The molecule has 0 rings (SSSR count). The average molecular weight is 181 g/mol. The van der Waals surface area contributed by atoms with Gasteiger partial charge in [0.25, 0.3) is 0 Å². The van der Waals surface area contributed by atoms with Crippen molar-refractivity contribution in [2.45, 2.75) is 25.3 Å². The van der Waals surface area contributed by atoms with E-state index in [2.05, 4.69) is 4.84 Å². The molecular formula is C6H13ClN2O2. The van der Waals surface area contributed by atoms with Crippen LogP contribution in [0.4, 0.5) is 0 Å². The van der Waals surface area contributed by atoms with Crippen LogP contribution in [0.1, 0.15) is 19.3 Å². The Labute approximate surface area is 70.8 Å². The monoisotopic (exact) mass is 180 g/mol. The van der Waals surface area contributed by atoms with Crippen molar-refractivity contribution >= 4 is 17.7 Å². The summed E-state index contributed by atoms with van der Waals surface area (Å²) in [4.78, 5) is 12.7. The fraction of sp³-hybridized carbons (Fsp3) is 0.833. The average Bonchev–Trinajstić information content (AvgIpc) is 1.97. The highest BCUT2D eigenvalue weighted by atomic mass is 35.5. The summed E-state index contributed by atoms with van der Waals surface area (Å²) in [5, 5.41) is 8.37. The Morgan fingerprint density at radius 3 is 2.73 bits per heavy atom. The van der Waals surface area contributed by atoms with Gasteiger partial charge in [-0.25, -0.2) is 4.84 Å². The molecule has 0 saturated carbocycles. The van der Waals surface area contributed by atoms with Gasteiger partial charge in [-0.3, -0.25) is 4.79 Å². The molecule has 66 valence electrons. The number of nitrogens with one attached hydrogen (secondary N) is 1. The molecule has 0 bridgehead atoms. The molecule has 0 aliphatic heterocycles. The Kier molecular flexibility index (Phi) is 6.21. The fourth-order valence-corrected chi connectivity index (χ4v) is 0.813. The van der Waals surface area contributed by atoms with Crippen LogP contribution in [0, 0.1) is 0 Å². The first-order valence-electron chi connectivity index (χ1n) is 3.50. The summed E-state index contributed by atoms with van der Waals surface area (Å²) in [5.41, 5.74) is 5.25. The van der Waals surface area contributed by atoms with E-state index >= 15 is 0 Å². The number of nitrogens with two attached hydrogens (primary N) is 1. The summed E-state index contributed by atoms with van der Waals surface area (Å²) < 4.78 is 0. The van der Waals surface area contributed by atoms with Crippen LogP contribution in [0.2, 0.25) is 0 Å². The zero-order chi connectivity index (χ0) is 8.69. The lowest BCUT2D eigenvalue weighted by atomic mass is 10.1. The van der Waals surface area contributed by atoms with E-state index in [9.17, 15) is 4.79 Å². The number of carboxylic acid groups (broad SMARTS) is 1. The molecule has 0 heterocycles. The minimum absolute atomic E-state index is 0.508. The SMILES string of the molecule is NC(CCCCNCl)C(=O)O. The highest BCUT2D eigenvalue weighted by Gasteiger charge is 2.09. The van der Waals surface area contributed by atoms with Gasteiger partial charge in [0.15, 0.2) is 0 Å². The van der Waals surface area contributed by atoms with Crippen molar-refractivity contribution in [1.29, 1.82) is 0 Å². The molecule has 0 aromatic carbocycles. The quantitative estimate of drug-likeness (QED) is 0.406. The summed E-state index contributed by atoms with van der Waals surface area (Å²) in [5.74, 6) is -0.941. The van der Waals surface area contributed by atoms with E-state index in [1.165, 1.54) is 0 Å². The molecule has 0 aromatic heterocycles. The van der Waals surface area contributed by atoms with Crippen molar-refractivity contribution < 1.29 is 9.90 Å². The number of aliphatic carboxylic acids is 1. The van der Waals surface area contributed by atoms with Crippen LogP contribution in [0.5, 0.6) is 0 Å². The van der Waals surface area contributed by atoms with Gasteiger partial charge >= 0.3 is 5.97 Å². The van der Waals surface area contributed by atoms with Gasteiger partial charge < -0.3 is 10.8 Å². The summed E-state index contributed by atoms with van der Waals surface area (Å²) in [7, 11) is 0. The second-order valence-electron chi connectivity index (χ2n) is 2.32. The first-order valence-corrected chi connectivity index (χ1v) is 3.88. The Balaban J connectivity index is 3.17. The largest absolute Gasteiger partial charge is 0.480 e. The van der Waals surface area contributed by atoms with Gasteiger partial charge in [0.05, 0.1) is 0 Å². The van der Waals surface area contributed by atoms with E-state index in [0.717, 1.165) is 12.8 Å². The molecule has 1 atom stereocenters. The van der Waals surface area contributed by atoms with Gasteiger partial charge in [-0.15, -0.1) is 0 Å². The van der Waals surface area contributed by atoms with E-state index in [-0.39, 0.29) is 0 Å². The van der Waals surface area contributed by atoms with Gasteiger partial charge in [0.2, 0.25) is 0 Å². The number of carboxylic acids is 1.